The van der Waals surface area contributed by atoms with Crippen molar-refractivity contribution in [1.29, 1.82) is 0 Å². The monoisotopic (exact) mass is 503 g/mol. The van der Waals surface area contributed by atoms with Crippen LogP contribution in [0.3, 0.4) is 0 Å². The Hall–Kier alpha value is -3.30. The Morgan fingerprint density at radius 2 is 1.65 bits per heavy atom. The highest BCUT2D eigenvalue weighted by atomic mass is 35.5. The first-order valence-electron chi connectivity index (χ1n) is 10.6. The van der Waals surface area contributed by atoms with Crippen molar-refractivity contribution in [2.24, 2.45) is 0 Å². The predicted octanol–water partition coefficient (Wildman–Crippen LogP) is 4.01. The molecule has 0 spiro atoms. The third-order valence-corrected chi connectivity index (χ3v) is 7.03. The normalized spacial score (nSPS) is 14.1. The standard InChI is InChI=1S/C24H23ClFN3O4S/c25-18-2-1-3-21(16-18)28-12-14-29(15-13-28)24(30)17-33-22-8-10-23(11-9-22)34(31,32)27-20-6-4-19(26)5-7-20/h1-11,16,27H,12-15,17H2. The van der Waals surface area contributed by atoms with Crippen LogP contribution in [0.25, 0.3) is 0 Å². The van der Waals surface area contributed by atoms with E-state index in [1.807, 2.05) is 24.3 Å². The van der Waals surface area contributed by atoms with E-state index in [0.717, 1.165) is 5.69 Å². The van der Waals surface area contributed by atoms with Crippen LogP contribution in [0.15, 0.2) is 77.7 Å². The van der Waals surface area contributed by atoms with Gasteiger partial charge in [-0.25, -0.2) is 12.8 Å². The van der Waals surface area contributed by atoms with Gasteiger partial charge in [0.15, 0.2) is 6.61 Å². The molecule has 3 aromatic carbocycles. The Morgan fingerprint density at radius 3 is 2.29 bits per heavy atom. The fraction of sp³-hybridized carbons (Fsp3) is 0.208. The number of nitrogens with one attached hydrogen (secondary N) is 1. The fourth-order valence-electron chi connectivity index (χ4n) is 3.57. The maximum absolute atomic E-state index is 13.0. The number of carbonyl (C=O) groups is 1. The molecule has 34 heavy (non-hydrogen) atoms. The van der Waals surface area contributed by atoms with E-state index in [4.69, 9.17) is 16.3 Å². The third-order valence-electron chi connectivity index (χ3n) is 5.40. The highest BCUT2D eigenvalue weighted by Gasteiger charge is 2.22. The van der Waals surface area contributed by atoms with Crippen LogP contribution in [0.2, 0.25) is 5.02 Å². The van der Waals surface area contributed by atoms with Crippen molar-refractivity contribution in [2.45, 2.75) is 4.90 Å². The Labute approximate surface area is 202 Å². The van der Waals surface area contributed by atoms with E-state index >= 15 is 0 Å². The van der Waals surface area contributed by atoms with Gasteiger partial charge in [-0.2, -0.15) is 0 Å². The number of hydrogen-bond donors (Lipinski definition) is 1. The topological polar surface area (TPSA) is 78.9 Å². The minimum atomic E-state index is -3.84. The summed E-state index contributed by atoms with van der Waals surface area (Å²) in [4.78, 5) is 16.5. The lowest BCUT2D eigenvalue weighted by Gasteiger charge is -2.36. The highest BCUT2D eigenvalue weighted by Crippen LogP contribution is 2.22. The minimum absolute atomic E-state index is 0.0210. The average Bonchev–Trinajstić information content (AvgIpc) is 2.84. The number of hydrogen-bond acceptors (Lipinski definition) is 5. The number of anilines is 2. The summed E-state index contributed by atoms with van der Waals surface area (Å²) in [6.07, 6.45) is 0. The number of halogens is 2. The van der Waals surface area contributed by atoms with E-state index in [0.29, 0.717) is 37.0 Å². The van der Waals surface area contributed by atoms with Gasteiger partial charge in [0, 0.05) is 42.6 Å². The summed E-state index contributed by atoms with van der Waals surface area (Å²) in [5.41, 5.74) is 1.28. The van der Waals surface area contributed by atoms with Crippen LogP contribution in [0, 0.1) is 5.82 Å². The molecule has 1 fully saturated rings. The molecule has 0 aromatic heterocycles. The molecule has 4 rings (SSSR count). The largest absolute Gasteiger partial charge is 0.484 e. The fourth-order valence-corrected chi connectivity index (χ4v) is 4.81. The molecule has 1 amide bonds. The minimum Gasteiger partial charge on any atom is -0.484 e. The molecule has 10 heteroatoms. The van der Waals surface area contributed by atoms with E-state index in [9.17, 15) is 17.6 Å². The van der Waals surface area contributed by atoms with Gasteiger partial charge in [0.1, 0.15) is 11.6 Å². The zero-order valence-electron chi connectivity index (χ0n) is 18.2. The van der Waals surface area contributed by atoms with E-state index in [1.54, 1.807) is 4.90 Å². The summed E-state index contributed by atoms with van der Waals surface area (Å²) < 4.78 is 46.0. The molecule has 0 atom stereocenters. The van der Waals surface area contributed by atoms with Crippen molar-refractivity contribution in [3.63, 3.8) is 0 Å². The van der Waals surface area contributed by atoms with Crippen molar-refractivity contribution in [1.82, 2.24) is 4.90 Å². The third kappa shape index (κ3) is 5.98. The van der Waals surface area contributed by atoms with Gasteiger partial charge in [0.25, 0.3) is 15.9 Å². The molecule has 1 N–H and O–H groups in total. The van der Waals surface area contributed by atoms with Crippen LogP contribution in [0.5, 0.6) is 5.75 Å². The van der Waals surface area contributed by atoms with Crippen LogP contribution in [0.4, 0.5) is 15.8 Å². The molecule has 7 nitrogen and oxygen atoms in total. The van der Waals surface area contributed by atoms with Crippen molar-refractivity contribution < 1.29 is 22.3 Å². The molecule has 0 unspecified atom stereocenters. The summed E-state index contributed by atoms with van der Waals surface area (Å²) in [6.45, 7) is 2.39. The summed E-state index contributed by atoms with van der Waals surface area (Å²) in [5, 5.41) is 0.675. The number of carbonyl (C=O) groups excluding carboxylic acids is 1. The molecule has 0 radical (unpaired) electrons. The molecule has 1 aliphatic heterocycles. The van der Waals surface area contributed by atoms with Crippen LogP contribution in [0.1, 0.15) is 0 Å². The molecule has 3 aromatic rings. The van der Waals surface area contributed by atoms with Crippen molar-refractivity contribution in [3.8, 4) is 5.75 Å². The molecule has 0 aliphatic carbocycles. The molecule has 0 saturated carbocycles. The SMILES string of the molecule is O=C(COc1ccc(S(=O)(=O)Nc2ccc(F)cc2)cc1)N1CCN(c2cccc(Cl)c2)CC1. The van der Waals surface area contributed by atoms with E-state index in [-0.39, 0.29) is 23.1 Å². The molecule has 1 saturated heterocycles. The smallest absolute Gasteiger partial charge is 0.261 e. The van der Waals surface area contributed by atoms with E-state index < -0.39 is 15.8 Å². The van der Waals surface area contributed by atoms with E-state index in [2.05, 4.69) is 9.62 Å². The number of ether oxygens (including phenoxy) is 1. The lowest BCUT2D eigenvalue weighted by Crippen LogP contribution is -2.50. The van der Waals surface area contributed by atoms with Gasteiger partial charge < -0.3 is 14.5 Å². The lowest BCUT2D eigenvalue weighted by atomic mass is 10.2. The second-order valence-electron chi connectivity index (χ2n) is 7.72. The maximum atomic E-state index is 13.0. The summed E-state index contributed by atoms with van der Waals surface area (Å²) >= 11 is 6.06. The van der Waals surface area contributed by atoms with Crippen LogP contribution in [-0.4, -0.2) is 52.0 Å². The molecule has 0 bridgehead atoms. The van der Waals surface area contributed by atoms with Crippen molar-refractivity contribution in [2.75, 3.05) is 42.4 Å². The molecular formula is C24H23ClFN3O4S. The number of nitrogens with zero attached hydrogens (tertiary/aromatic N) is 2. The number of benzene rings is 3. The number of rotatable bonds is 7. The van der Waals surface area contributed by atoms with Crippen LogP contribution < -0.4 is 14.4 Å². The van der Waals surface area contributed by atoms with Gasteiger partial charge in [-0.15, -0.1) is 0 Å². The average molecular weight is 504 g/mol. The van der Waals surface area contributed by atoms with Gasteiger partial charge in [0.05, 0.1) is 4.90 Å². The Bertz CT molecular complexity index is 1250. The lowest BCUT2D eigenvalue weighted by molar-refractivity contribution is -0.133. The second-order valence-corrected chi connectivity index (χ2v) is 9.84. The highest BCUT2D eigenvalue weighted by molar-refractivity contribution is 7.92. The predicted molar refractivity (Wildman–Crippen MR) is 129 cm³/mol. The molecule has 1 aliphatic rings. The van der Waals surface area contributed by atoms with Gasteiger partial charge >= 0.3 is 0 Å². The maximum Gasteiger partial charge on any atom is 0.261 e. The molecule has 1 heterocycles. The second kappa shape index (κ2) is 10.3. The van der Waals surface area contributed by atoms with Gasteiger partial charge in [0.2, 0.25) is 0 Å². The Balaban J connectivity index is 1.28. The molecular weight excluding hydrogens is 481 g/mol. The first-order valence-corrected chi connectivity index (χ1v) is 12.5. The van der Waals surface area contributed by atoms with Crippen molar-refractivity contribution >= 4 is 38.9 Å². The first-order chi connectivity index (χ1) is 16.3. The number of amides is 1. The summed E-state index contributed by atoms with van der Waals surface area (Å²) in [5.74, 6) is -0.214. The Morgan fingerprint density at radius 1 is 0.971 bits per heavy atom. The van der Waals surface area contributed by atoms with E-state index in [1.165, 1.54) is 48.5 Å². The summed E-state index contributed by atoms with van der Waals surface area (Å²) in [7, 11) is -3.84. The molecule has 178 valence electrons. The van der Waals surface area contributed by atoms with Crippen molar-refractivity contribution in [3.05, 3.63) is 83.6 Å². The first kappa shape index (κ1) is 23.8. The Kier molecular flexibility index (Phi) is 7.23. The zero-order valence-corrected chi connectivity index (χ0v) is 19.7. The van der Waals surface area contributed by atoms with Crippen LogP contribution in [-0.2, 0) is 14.8 Å². The number of piperazine rings is 1. The summed E-state index contributed by atoms with van der Waals surface area (Å²) in [6, 6.07) is 18.4. The van der Waals surface area contributed by atoms with Gasteiger partial charge in [-0.3, -0.25) is 9.52 Å². The quantitative estimate of drug-likeness (QED) is 0.527. The van der Waals surface area contributed by atoms with Gasteiger partial charge in [-0.1, -0.05) is 17.7 Å². The number of sulfonamides is 1. The van der Waals surface area contributed by atoms with Gasteiger partial charge in [-0.05, 0) is 66.7 Å². The zero-order chi connectivity index (χ0) is 24.1. The van der Waals surface area contributed by atoms with Crippen LogP contribution >= 0.6 is 11.6 Å².